The van der Waals surface area contributed by atoms with Gasteiger partial charge in [-0.2, -0.15) is 4.31 Å². The Hall–Kier alpha value is -0.780. The van der Waals surface area contributed by atoms with Gasteiger partial charge >= 0.3 is 0 Å². The highest BCUT2D eigenvalue weighted by Crippen LogP contribution is 2.29. The van der Waals surface area contributed by atoms with Gasteiger partial charge in [-0.1, -0.05) is 38.3 Å². The molecular formula is C15H25ClN2O2S. The van der Waals surface area contributed by atoms with Crippen molar-refractivity contribution in [3.8, 4) is 0 Å². The zero-order valence-corrected chi connectivity index (χ0v) is 14.6. The van der Waals surface area contributed by atoms with Crippen molar-refractivity contribution in [3.05, 3.63) is 22.7 Å². The Kier molecular flexibility index (Phi) is 6.97. The molecule has 0 aromatic heterocycles. The number of halogens is 1. The molecule has 0 heterocycles. The van der Waals surface area contributed by atoms with Crippen molar-refractivity contribution in [3.63, 3.8) is 0 Å². The molecule has 6 heteroatoms. The lowest BCUT2D eigenvalue weighted by Gasteiger charge is -2.23. The summed E-state index contributed by atoms with van der Waals surface area (Å²) in [4.78, 5) is 0.111. The normalized spacial score (nSPS) is 12.0. The van der Waals surface area contributed by atoms with Crippen LogP contribution in [0.15, 0.2) is 17.0 Å². The van der Waals surface area contributed by atoms with Crippen LogP contribution in [0, 0.1) is 6.92 Å². The Bertz CT molecular complexity index is 565. The highest BCUT2D eigenvalue weighted by atomic mass is 35.5. The molecule has 120 valence electrons. The van der Waals surface area contributed by atoms with E-state index in [1.165, 1.54) is 10.4 Å². The van der Waals surface area contributed by atoms with Crippen LogP contribution in [0.3, 0.4) is 0 Å². The van der Waals surface area contributed by atoms with Gasteiger partial charge in [-0.3, -0.25) is 0 Å². The van der Waals surface area contributed by atoms with Gasteiger partial charge in [0.2, 0.25) is 10.0 Å². The molecule has 0 fully saturated rings. The molecule has 1 rings (SSSR count). The highest BCUT2D eigenvalue weighted by molar-refractivity contribution is 7.89. The van der Waals surface area contributed by atoms with Gasteiger partial charge in [0.15, 0.2) is 0 Å². The molecule has 0 aliphatic carbocycles. The molecule has 4 nitrogen and oxygen atoms in total. The molecule has 0 saturated heterocycles. The van der Waals surface area contributed by atoms with Crippen LogP contribution >= 0.6 is 11.6 Å². The molecule has 0 atom stereocenters. The van der Waals surface area contributed by atoms with Crippen LogP contribution in [0.1, 0.15) is 45.1 Å². The fraction of sp³-hybridized carbons (Fsp3) is 0.600. The van der Waals surface area contributed by atoms with Gasteiger partial charge in [0.25, 0.3) is 0 Å². The maximum absolute atomic E-state index is 12.8. The zero-order chi connectivity index (χ0) is 16.0. The fourth-order valence-corrected chi connectivity index (χ4v) is 4.14. The third kappa shape index (κ3) is 4.59. The minimum Gasteiger partial charge on any atom is -0.398 e. The second-order valence-corrected chi connectivity index (χ2v) is 7.56. The lowest BCUT2D eigenvalue weighted by Crippen LogP contribution is -2.33. The van der Waals surface area contributed by atoms with E-state index in [1.807, 2.05) is 20.8 Å². The van der Waals surface area contributed by atoms with E-state index in [-0.39, 0.29) is 9.92 Å². The summed E-state index contributed by atoms with van der Waals surface area (Å²) in [5, 5.41) is 0.236. The summed E-state index contributed by atoms with van der Waals surface area (Å²) in [5.74, 6) is 0. The average molecular weight is 333 g/mol. The monoisotopic (exact) mass is 332 g/mol. The first-order valence-electron chi connectivity index (χ1n) is 7.40. The van der Waals surface area contributed by atoms with Gasteiger partial charge in [-0.15, -0.1) is 0 Å². The summed E-state index contributed by atoms with van der Waals surface area (Å²) >= 11 is 6.14. The van der Waals surface area contributed by atoms with Gasteiger partial charge in [0.1, 0.15) is 4.90 Å². The van der Waals surface area contributed by atoms with E-state index in [2.05, 4.69) is 0 Å². The number of nitrogens with two attached hydrogens (primary N) is 1. The first kappa shape index (κ1) is 18.3. The van der Waals surface area contributed by atoms with Crippen LogP contribution in [-0.4, -0.2) is 25.8 Å². The molecular weight excluding hydrogens is 308 g/mol. The SMILES string of the molecule is CCCCN(CCCC)S(=O)(=O)c1cc(N)c(C)cc1Cl. The summed E-state index contributed by atoms with van der Waals surface area (Å²) in [6.45, 7) is 6.93. The van der Waals surface area contributed by atoms with E-state index in [1.54, 1.807) is 6.07 Å². The quantitative estimate of drug-likeness (QED) is 0.736. The molecule has 0 unspecified atom stereocenters. The number of nitrogens with zero attached hydrogens (tertiary/aromatic N) is 1. The molecule has 1 aromatic rings. The molecule has 0 aliphatic heterocycles. The molecule has 0 saturated carbocycles. The van der Waals surface area contributed by atoms with Crippen molar-refractivity contribution < 1.29 is 8.42 Å². The first-order valence-corrected chi connectivity index (χ1v) is 9.22. The molecule has 0 aliphatic rings. The van der Waals surface area contributed by atoms with Crippen LogP contribution < -0.4 is 5.73 Å². The van der Waals surface area contributed by atoms with E-state index in [4.69, 9.17) is 17.3 Å². The topological polar surface area (TPSA) is 63.4 Å². The van der Waals surface area contributed by atoms with E-state index < -0.39 is 10.0 Å². The molecule has 21 heavy (non-hydrogen) atoms. The number of hydrogen-bond donors (Lipinski definition) is 1. The van der Waals surface area contributed by atoms with Crippen molar-refractivity contribution in [1.29, 1.82) is 0 Å². The largest absolute Gasteiger partial charge is 0.398 e. The zero-order valence-electron chi connectivity index (χ0n) is 13.0. The third-order valence-corrected chi connectivity index (χ3v) is 5.82. The second kappa shape index (κ2) is 8.01. The summed E-state index contributed by atoms with van der Waals surface area (Å²) in [6, 6.07) is 3.08. The number of unbranched alkanes of at least 4 members (excludes halogenated alkanes) is 2. The Labute approximate surface area is 133 Å². The maximum atomic E-state index is 12.8. The minimum atomic E-state index is -3.59. The third-order valence-electron chi connectivity index (χ3n) is 3.46. The predicted molar refractivity (Wildman–Crippen MR) is 89.2 cm³/mol. The number of rotatable bonds is 8. The molecule has 2 N–H and O–H groups in total. The van der Waals surface area contributed by atoms with Crippen LogP contribution in [0.25, 0.3) is 0 Å². The van der Waals surface area contributed by atoms with Gasteiger partial charge in [-0.05, 0) is 37.5 Å². The highest BCUT2D eigenvalue weighted by Gasteiger charge is 2.26. The summed E-state index contributed by atoms with van der Waals surface area (Å²) < 4.78 is 27.2. The number of benzene rings is 1. The number of sulfonamides is 1. The Morgan fingerprint density at radius 2 is 1.67 bits per heavy atom. The van der Waals surface area contributed by atoms with E-state index >= 15 is 0 Å². The molecule has 0 amide bonds. The fourth-order valence-electron chi connectivity index (χ4n) is 2.03. The number of anilines is 1. The lowest BCUT2D eigenvalue weighted by atomic mass is 10.2. The van der Waals surface area contributed by atoms with Gasteiger partial charge in [-0.25, -0.2) is 8.42 Å². The Balaban J connectivity index is 3.18. The Morgan fingerprint density at radius 1 is 1.14 bits per heavy atom. The van der Waals surface area contributed by atoms with Crippen molar-refractivity contribution in [2.75, 3.05) is 18.8 Å². The molecule has 1 aromatic carbocycles. The number of hydrogen-bond acceptors (Lipinski definition) is 3. The molecule has 0 spiro atoms. The van der Waals surface area contributed by atoms with Gasteiger partial charge in [0, 0.05) is 18.8 Å². The average Bonchev–Trinajstić information content (AvgIpc) is 2.42. The Morgan fingerprint density at radius 3 is 2.14 bits per heavy atom. The lowest BCUT2D eigenvalue weighted by molar-refractivity contribution is 0.395. The van der Waals surface area contributed by atoms with Gasteiger partial charge < -0.3 is 5.73 Å². The van der Waals surface area contributed by atoms with Crippen molar-refractivity contribution in [2.24, 2.45) is 0 Å². The van der Waals surface area contributed by atoms with E-state index in [0.29, 0.717) is 18.8 Å². The van der Waals surface area contributed by atoms with Crippen molar-refractivity contribution in [2.45, 2.75) is 51.3 Å². The van der Waals surface area contributed by atoms with Crippen molar-refractivity contribution >= 4 is 27.3 Å². The summed E-state index contributed by atoms with van der Waals surface area (Å²) in [7, 11) is -3.59. The van der Waals surface area contributed by atoms with E-state index in [0.717, 1.165) is 31.2 Å². The number of nitrogen functional groups attached to an aromatic ring is 1. The smallest absolute Gasteiger partial charge is 0.244 e. The van der Waals surface area contributed by atoms with Crippen LogP contribution in [0.4, 0.5) is 5.69 Å². The molecule has 0 bridgehead atoms. The van der Waals surface area contributed by atoms with Crippen LogP contribution in [-0.2, 0) is 10.0 Å². The summed E-state index contributed by atoms with van der Waals surface area (Å²) in [5.41, 5.74) is 7.08. The van der Waals surface area contributed by atoms with Crippen molar-refractivity contribution in [1.82, 2.24) is 4.31 Å². The maximum Gasteiger partial charge on any atom is 0.244 e. The number of aryl methyl sites for hydroxylation is 1. The first-order chi connectivity index (χ1) is 9.84. The summed E-state index contributed by atoms with van der Waals surface area (Å²) in [6.07, 6.45) is 3.56. The van der Waals surface area contributed by atoms with E-state index in [9.17, 15) is 8.42 Å². The minimum absolute atomic E-state index is 0.111. The van der Waals surface area contributed by atoms with Gasteiger partial charge in [0.05, 0.1) is 5.02 Å². The van der Waals surface area contributed by atoms with Crippen LogP contribution in [0.2, 0.25) is 5.02 Å². The standard InChI is InChI=1S/C15H25ClN2O2S/c1-4-6-8-18(9-7-5-2)21(19,20)15-11-14(17)12(3)10-13(15)16/h10-11H,4-9,17H2,1-3H3. The predicted octanol–water partition coefficient (Wildman–Crippen LogP) is 3.82. The van der Waals surface area contributed by atoms with Crippen LogP contribution in [0.5, 0.6) is 0 Å². The second-order valence-electron chi connectivity index (χ2n) is 5.25. The molecule has 0 radical (unpaired) electrons.